The number of hydrogen-bond acceptors (Lipinski definition) is 2. The summed E-state index contributed by atoms with van der Waals surface area (Å²) in [6, 6.07) is 15.1. The Balaban J connectivity index is 1.75. The van der Waals surface area contributed by atoms with Gasteiger partial charge >= 0.3 is 6.03 Å². The summed E-state index contributed by atoms with van der Waals surface area (Å²) in [6.07, 6.45) is 0. The summed E-state index contributed by atoms with van der Waals surface area (Å²) >= 11 is 5.74. The monoisotopic (exact) mass is 303 g/mol. The van der Waals surface area contributed by atoms with Crippen molar-refractivity contribution >= 4 is 29.2 Å². The molecule has 0 aliphatic carbocycles. The topological polar surface area (TPSA) is 70.2 Å². The van der Waals surface area contributed by atoms with E-state index in [0.29, 0.717) is 16.3 Å². The van der Waals surface area contributed by atoms with Crippen molar-refractivity contribution < 1.29 is 9.59 Å². The van der Waals surface area contributed by atoms with Gasteiger partial charge in [0.2, 0.25) is 0 Å². The molecule has 3 amide bonds. The van der Waals surface area contributed by atoms with E-state index < -0.39 is 6.03 Å². The molecule has 6 heteroatoms. The molecule has 108 valence electrons. The van der Waals surface area contributed by atoms with Gasteiger partial charge in [0.1, 0.15) is 0 Å². The van der Waals surface area contributed by atoms with Crippen LogP contribution in [0.5, 0.6) is 0 Å². The molecule has 0 fully saturated rings. The minimum absolute atomic E-state index is 0.0279. The molecule has 0 unspecified atom stereocenters. The molecule has 3 N–H and O–H groups in total. The Labute approximate surface area is 127 Å². The first-order chi connectivity index (χ1) is 10.1. The number of carbonyl (C=O) groups is 2. The van der Waals surface area contributed by atoms with Crippen LogP contribution in [-0.2, 0) is 0 Å². The fourth-order valence-corrected chi connectivity index (χ4v) is 1.73. The van der Waals surface area contributed by atoms with Crippen LogP contribution in [0.25, 0.3) is 0 Å². The second-order valence-corrected chi connectivity index (χ2v) is 4.62. The average molecular weight is 304 g/mol. The Kier molecular flexibility index (Phi) is 5.17. The van der Waals surface area contributed by atoms with Crippen LogP contribution in [0.1, 0.15) is 10.4 Å². The maximum absolute atomic E-state index is 11.8. The highest BCUT2D eigenvalue weighted by molar-refractivity contribution is 6.30. The van der Waals surface area contributed by atoms with Gasteiger partial charge in [-0.3, -0.25) is 4.79 Å². The number of urea groups is 1. The Hall–Kier alpha value is -2.53. The molecule has 0 bridgehead atoms. The van der Waals surface area contributed by atoms with E-state index in [2.05, 4.69) is 16.0 Å². The lowest BCUT2D eigenvalue weighted by Gasteiger charge is -2.09. The zero-order chi connectivity index (χ0) is 15.1. The number of benzene rings is 2. The van der Waals surface area contributed by atoms with Crippen molar-refractivity contribution in [3.05, 3.63) is 65.2 Å². The Morgan fingerprint density at radius 2 is 1.57 bits per heavy atom. The lowest BCUT2D eigenvalue weighted by atomic mass is 10.2. The number of carbonyl (C=O) groups excluding carboxylic acids is 2. The third-order valence-corrected chi connectivity index (χ3v) is 2.89. The quantitative estimate of drug-likeness (QED) is 0.760. The van der Waals surface area contributed by atoms with E-state index >= 15 is 0 Å². The Morgan fingerprint density at radius 1 is 0.905 bits per heavy atom. The van der Waals surface area contributed by atoms with E-state index in [-0.39, 0.29) is 12.6 Å². The maximum Gasteiger partial charge on any atom is 0.320 e. The van der Waals surface area contributed by atoms with Gasteiger partial charge in [-0.1, -0.05) is 29.8 Å². The van der Waals surface area contributed by atoms with Crippen LogP contribution in [0.15, 0.2) is 54.6 Å². The minimum Gasteiger partial charge on any atom is -0.335 e. The molecule has 0 radical (unpaired) electrons. The second-order valence-electron chi connectivity index (χ2n) is 4.19. The normalized spacial score (nSPS) is 9.76. The second kappa shape index (κ2) is 7.31. The average Bonchev–Trinajstić information content (AvgIpc) is 2.49. The molecular weight excluding hydrogens is 290 g/mol. The summed E-state index contributed by atoms with van der Waals surface area (Å²) in [5.74, 6) is -0.285. The molecule has 0 heterocycles. The molecule has 0 aromatic heterocycles. The smallest absolute Gasteiger partial charge is 0.320 e. The highest BCUT2D eigenvalue weighted by atomic mass is 35.5. The predicted molar refractivity (Wildman–Crippen MR) is 82.4 cm³/mol. The van der Waals surface area contributed by atoms with E-state index in [4.69, 9.17) is 11.6 Å². The van der Waals surface area contributed by atoms with Gasteiger partial charge < -0.3 is 16.0 Å². The molecule has 2 rings (SSSR count). The molecule has 21 heavy (non-hydrogen) atoms. The van der Waals surface area contributed by atoms with E-state index in [1.807, 2.05) is 18.2 Å². The maximum atomic E-state index is 11.8. The van der Waals surface area contributed by atoms with Crippen LogP contribution in [0.4, 0.5) is 10.5 Å². The highest BCUT2D eigenvalue weighted by Gasteiger charge is 2.05. The third kappa shape index (κ3) is 4.81. The van der Waals surface area contributed by atoms with E-state index in [0.717, 1.165) is 0 Å². The fourth-order valence-electron chi connectivity index (χ4n) is 1.60. The van der Waals surface area contributed by atoms with Crippen molar-refractivity contribution in [1.82, 2.24) is 10.6 Å². The van der Waals surface area contributed by atoms with Crippen LogP contribution in [0, 0.1) is 0 Å². The van der Waals surface area contributed by atoms with Gasteiger partial charge in [0.25, 0.3) is 5.91 Å². The number of halogens is 1. The molecule has 0 aliphatic heterocycles. The number of hydrogen-bond donors (Lipinski definition) is 3. The van der Waals surface area contributed by atoms with Gasteiger partial charge in [-0.2, -0.15) is 0 Å². The van der Waals surface area contributed by atoms with Crippen LogP contribution in [0.3, 0.4) is 0 Å². The SMILES string of the molecule is O=C(NCNC(=O)c1ccc(Cl)cc1)Nc1ccccc1. The lowest BCUT2D eigenvalue weighted by molar-refractivity contribution is 0.0952. The van der Waals surface area contributed by atoms with Crippen molar-refractivity contribution in [3.8, 4) is 0 Å². The first-order valence-electron chi connectivity index (χ1n) is 6.29. The molecule has 0 saturated carbocycles. The first kappa shape index (κ1) is 14.9. The van der Waals surface area contributed by atoms with E-state index in [1.165, 1.54) is 0 Å². The van der Waals surface area contributed by atoms with Crippen LogP contribution in [-0.4, -0.2) is 18.6 Å². The predicted octanol–water partition coefficient (Wildman–Crippen LogP) is 2.85. The summed E-state index contributed by atoms with van der Waals surface area (Å²) < 4.78 is 0. The Bertz CT molecular complexity index is 615. The number of anilines is 1. The van der Waals surface area contributed by atoms with Gasteiger partial charge in [-0.15, -0.1) is 0 Å². The summed E-state index contributed by atoms with van der Waals surface area (Å²) in [5, 5.41) is 8.32. The van der Waals surface area contributed by atoms with Gasteiger partial charge in [0.15, 0.2) is 0 Å². The van der Waals surface area contributed by atoms with Crippen LogP contribution >= 0.6 is 11.6 Å². The van der Waals surface area contributed by atoms with Gasteiger partial charge in [-0.25, -0.2) is 4.79 Å². The Morgan fingerprint density at radius 3 is 2.24 bits per heavy atom. The largest absolute Gasteiger partial charge is 0.335 e. The molecule has 0 atom stereocenters. The summed E-state index contributed by atoms with van der Waals surface area (Å²) in [5.41, 5.74) is 1.16. The zero-order valence-electron chi connectivity index (χ0n) is 11.1. The van der Waals surface area contributed by atoms with Crippen LogP contribution < -0.4 is 16.0 Å². The van der Waals surface area contributed by atoms with Gasteiger partial charge in [0.05, 0.1) is 6.67 Å². The summed E-state index contributed by atoms with van der Waals surface area (Å²) in [4.78, 5) is 23.4. The standard InChI is InChI=1S/C15H14ClN3O2/c16-12-8-6-11(7-9-12)14(20)17-10-18-15(21)19-13-4-2-1-3-5-13/h1-9H,10H2,(H,17,20)(H2,18,19,21). The molecule has 0 spiro atoms. The van der Waals surface area contributed by atoms with E-state index in [9.17, 15) is 9.59 Å². The summed E-state index contributed by atoms with van der Waals surface area (Å²) in [6.45, 7) is 0.0279. The summed E-state index contributed by atoms with van der Waals surface area (Å²) in [7, 11) is 0. The lowest BCUT2D eigenvalue weighted by Crippen LogP contribution is -2.39. The zero-order valence-corrected chi connectivity index (χ0v) is 11.9. The molecule has 2 aromatic carbocycles. The van der Waals surface area contributed by atoms with Crippen LogP contribution in [0.2, 0.25) is 5.02 Å². The van der Waals surface area contributed by atoms with Gasteiger partial charge in [-0.05, 0) is 36.4 Å². The number of nitrogens with one attached hydrogen (secondary N) is 3. The molecular formula is C15H14ClN3O2. The van der Waals surface area contributed by atoms with Crippen molar-refractivity contribution in [3.63, 3.8) is 0 Å². The molecule has 0 aliphatic rings. The van der Waals surface area contributed by atoms with Crippen molar-refractivity contribution in [2.75, 3.05) is 12.0 Å². The number of rotatable bonds is 4. The fraction of sp³-hybridized carbons (Fsp3) is 0.0667. The molecule has 5 nitrogen and oxygen atoms in total. The first-order valence-corrected chi connectivity index (χ1v) is 6.66. The molecule has 2 aromatic rings. The van der Waals surface area contributed by atoms with Gasteiger partial charge in [0, 0.05) is 16.3 Å². The number of amides is 3. The molecule has 0 saturated heterocycles. The van der Waals surface area contributed by atoms with Crippen molar-refractivity contribution in [2.24, 2.45) is 0 Å². The third-order valence-electron chi connectivity index (χ3n) is 2.64. The minimum atomic E-state index is -0.391. The van der Waals surface area contributed by atoms with Crippen molar-refractivity contribution in [2.45, 2.75) is 0 Å². The number of para-hydroxylation sites is 1. The van der Waals surface area contributed by atoms with Crippen molar-refractivity contribution in [1.29, 1.82) is 0 Å². The highest BCUT2D eigenvalue weighted by Crippen LogP contribution is 2.09. The van der Waals surface area contributed by atoms with E-state index in [1.54, 1.807) is 36.4 Å².